The van der Waals surface area contributed by atoms with E-state index in [9.17, 15) is 0 Å². The van der Waals surface area contributed by atoms with Gasteiger partial charge in [-0.15, -0.1) is 0 Å². The van der Waals surface area contributed by atoms with E-state index >= 15 is 0 Å². The lowest BCUT2D eigenvalue weighted by Crippen LogP contribution is -2.08. The van der Waals surface area contributed by atoms with Gasteiger partial charge in [-0.25, -0.2) is 4.98 Å². The average Bonchev–Trinajstić information content (AvgIpc) is 2.58. The predicted molar refractivity (Wildman–Crippen MR) is 71.1 cm³/mol. The van der Waals surface area contributed by atoms with E-state index in [2.05, 4.69) is 9.55 Å². The first-order valence-corrected chi connectivity index (χ1v) is 6.00. The van der Waals surface area contributed by atoms with Crippen LogP contribution < -0.4 is 5.73 Å². The molecule has 0 aliphatic rings. The Morgan fingerprint density at radius 2 is 2.06 bits per heavy atom. The van der Waals surface area contributed by atoms with Crippen molar-refractivity contribution in [2.24, 2.45) is 12.8 Å². The fraction of sp³-hybridized carbons (Fsp3) is 0.308. The predicted octanol–water partition coefficient (Wildman–Crippen LogP) is 2.55. The highest BCUT2D eigenvalue weighted by Gasteiger charge is 2.14. The first-order valence-electron chi connectivity index (χ1n) is 5.62. The maximum atomic E-state index is 6.19. The topological polar surface area (TPSA) is 43.8 Å². The summed E-state index contributed by atoms with van der Waals surface area (Å²) in [5.74, 6) is 0.900. The Balaban J connectivity index is 2.54. The monoisotopic (exact) mass is 249 g/mol. The Hall–Kier alpha value is -1.32. The van der Waals surface area contributed by atoms with Gasteiger partial charge in [0, 0.05) is 24.7 Å². The van der Waals surface area contributed by atoms with E-state index in [0.29, 0.717) is 6.54 Å². The number of benzene rings is 1. The summed E-state index contributed by atoms with van der Waals surface area (Å²) in [6.45, 7) is 2.63. The van der Waals surface area contributed by atoms with Gasteiger partial charge in [-0.3, -0.25) is 0 Å². The van der Waals surface area contributed by atoms with Crippen LogP contribution in [0.1, 0.15) is 11.4 Å². The lowest BCUT2D eigenvalue weighted by Gasteiger charge is -2.06. The molecule has 0 aliphatic carbocycles. The highest BCUT2D eigenvalue weighted by atomic mass is 35.5. The zero-order valence-electron chi connectivity index (χ0n) is 10.1. The van der Waals surface area contributed by atoms with Gasteiger partial charge in [-0.2, -0.15) is 0 Å². The van der Waals surface area contributed by atoms with Gasteiger partial charge >= 0.3 is 0 Å². The Labute approximate surface area is 106 Å². The van der Waals surface area contributed by atoms with Crippen LogP contribution in [0.25, 0.3) is 11.4 Å². The van der Waals surface area contributed by atoms with Gasteiger partial charge in [0.05, 0.1) is 10.7 Å². The molecule has 3 nitrogen and oxygen atoms in total. The number of aromatic nitrogens is 2. The number of hydrogen-bond acceptors (Lipinski definition) is 2. The van der Waals surface area contributed by atoms with Gasteiger partial charge in [0.2, 0.25) is 0 Å². The highest BCUT2D eigenvalue weighted by molar-refractivity contribution is 6.33. The minimum atomic E-state index is 0.627. The molecule has 0 aliphatic heterocycles. The van der Waals surface area contributed by atoms with Crippen molar-refractivity contribution in [1.29, 1.82) is 0 Å². The Bertz CT molecular complexity index is 531. The summed E-state index contributed by atoms with van der Waals surface area (Å²) in [5, 5.41) is 0.722. The number of imidazole rings is 1. The number of hydrogen-bond donors (Lipinski definition) is 1. The summed E-state index contributed by atoms with van der Waals surface area (Å²) in [5.41, 5.74) is 8.76. The number of halogens is 1. The molecule has 2 N–H and O–H groups in total. The molecule has 0 unspecified atom stereocenters. The third-order valence-corrected chi connectivity index (χ3v) is 3.24. The van der Waals surface area contributed by atoms with Crippen molar-refractivity contribution in [2.75, 3.05) is 6.54 Å². The van der Waals surface area contributed by atoms with E-state index < -0.39 is 0 Å². The molecule has 90 valence electrons. The SMILES string of the molecule is Cc1nc(-c2ccccc2Cl)n(C)c1CCN. The maximum Gasteiger partial charge on any atom is 0.141 e. The molecular weight excluding hydrogens is 234 g/mol. The van der Waals surface area contributed by atoms with Crippen LogP contribution in [0.5, 0.6) is 0 Å². The molecule has 2 aromatic rings. The molecule has 0 saturated heterocycles. The minimum absolute atomic E-state index is 0.627. The molecule has 17 heavy (non-hydrogen) atoms. The summed E-state index contributed by atoms with van der Waals surface area (Å²) >= 11 is 6.19. The number of aryl methyl sites for hydroxylation is 1. The number of nitrogens with zero attached hydrogens (tertiary/aromatic N) is 2. The number of nitrogens with two attached hydrogens (primary N) is 1. The van der Waals surface area contributed by atoms with E-state index in [1.165, 1.54) is 5.69 Å². The van der Waals surface area contributed by atoms with Crippen LogP contribution in [0.2, 0.25) is 5.02 Å². The molecule has 4 heteroatoms. The molecule has 0 atom stereocenters. The maximum absolute atomic E-state index is 6.19. The van der Waals surface area contributed by atoms with Crippen LogP contribution in [0.15, 0.2) is 24.3 Å². The van der Waals surface area contributed by atoms with E-state index in [0.717, 1.165) is 28.5 Å². The lowest BCUT2D eigenvalue weighted by atomic mass is 10.2. The molecule has 0 radical (unpaired) electrons. The van der Waals surface area contributed by atoms with Crippen LogP contribution in [0.4, 0.5) is 0 Å². The second kappa shape index (κ2) is 4.90. The first kappa shape index (κ1) is 12.1. The molecule has 1 heterocycles. The van der Waals surface area contributed by atoms with Crippen molar-refractivity contribution in [3.05, 3.63) is 40.7 Å². The minimum Gasteiger partial charge on any atom is -0.331 e. The highest BCUT2D eigenvalue weighted by Crippen LogP contribution is 2.27. The van der Waals surface area contributed by atoms with Crippen molar-refractivity contribution in [2.45, 2.75) is 13.3 Å². The summed E-state index contributed by atoms with van der Waals surface area (Å²) in [7, 11) is 2.00. The molecule has 0 amide bonds. The van der Waals surface area contributed by atoms with Crippen LogP contribution in [0, 0.1) is 6.92 Å². The summed E-state index contributed by atoms with van der Waals surface area (Å²) in [6, 6.07) is 7.75. The Kier molecular flexibility index (Phi) is 3.50. The summed E-state index contributed by atoms with van der Waals surface area (Å²) in [6.07, 6.45) is 0.833. The summed E-state index contributed by atoms with van der Waals surface area (Å²) in [4.78, 5) is 4.58. The molecule has 2 rings (SSSR count). The van der Waals surface area contributed by atoms with Gasteiger partial charge in [0.1, 0.15) is 5.82 Å². The lowest BCUT2D eigenvalue weighted by molar-refractivity contribution is 0.805. The number of rotatable bonds is 3. The molecule has 0 spiro atoms. The van der Waals surface area contributed by atoms with Gasteiger partial charge in [0.15, 0.2) is 0 Å². The quantitative estimate of drug-likeness (QED) is 0.909. The zero-order chi connectivity index (χ0) is 12.4. The smallest absolute Gasteiger partial charge is 0.141 e. The van der Waals surface area contributed by atoms with Crippen molar-refractivity contribution in [3.63, 3.8) is 0 Å². The van der Waals surface area contributed by atoms with E-state index in [-0.39, 0.29) is 0 Å². The van der Waals surface area contributed by atoms with E-state index in [1.54, 1.807) is 0 Å². The normalized spacial score (nSPS) is 10.8. The van der Waals surface area contributed by atoms with Crippen LogP contribution >= 0.6 is 11.6 Å². The van der Waals surface area contributed by atoms with Gasteiger partial charge in [-0.1, -0.05) is 23.7 Å². The van der Waals surface area contributed by atoms with Gasteiger partial charge in [-0.05, 0) is 25.6 Å². The van der Waals surface area contributed by atoms with Crippen LogP contribution in [0.3, 0.4) is 0 Å². The molecular formula is C13H16ClN3. The fourth-order valence-electron chi connectivity index (χ4n) is 2.04. The van der Waals surface area contributed by atoms with Gasteiger partial charge in [0.25, 0.3) is 0 Å². The third-order valence-electron chi connectivity index (χ3n) is 2.91. The van der Waals surface area contributed by atoms with Crippen molar-refractivity contribution in [3.8, 4) is 11.4 Å². The van der Waals surface area contributed by atoms with Crippen molar-refractivity contribution >= 4 is 11.6 Å². The fourth-order valence-corrected chi connectivity index (χ4v) is 2.26. The van der Waals surface area contributed by atoms with E-state index in [4.69, 9.17) is 17.3 Å². The second-order valence-electron chi connectivity index (χ2n) is 4.05. The average molecular weight is 250 g/mol. The van der Waals surface area contributed by atoms with Crippen molar-refractivity contribution < 1.29 is 0 Å². The molecule has 1 aromatic heterocycles. The van der Waals surface area contributed by atoms with Gasteiger partial charge < -0.3 is 10.3 Å². The molecule has 0 saturated carbocycles. The molecule has 0 bridgehead atoms. The van der Waals surface area contributed by atoms with Crippen LogP contribution in [-0.2, 0) is 13.5 Å². The Morgan fingerprint density at radius 1 is 1.35 bits per heavy atom. The summed E-state index contributed by atoms with van der Waals surface area (Å²) < 4.78 is 2.07. The van der Waals surface area contributed by atoms with Crippen LogP contribution in [-0.4, -0.2) is 16.1 Å². The third kappa shape index (κ3) is 2.21. The Morgan fingerprint density at radius 3 is 2.71 bits per heavy atom. The largest absolute Gasteiger partial charge is 0.331 e. The standard InChI is InChI=1S/C13H16ClN3/c1-9-12(7-8-15)17(2)13(16-9)10-5-3-4-6-11(10)14/h3-6H,7-8,15H2,1-2H3. The molecule has 0 fully saturated rings. The second-order valence-corrected chi connectivity index (χ2v) is 4.45. The first-order chi connectivity index (χ1) is 8.15. The molecule has 1 aromatic carbocycles. The van der Waals surface area contributed by atoms with E-state index in [1.807, 2.05) is 38.2 Å². The zero-order valence-corrected chi connectivity index (χ0v) is 10.8. The van der Waals surface area contributed by atoms with Crippen molar-refractivity contribution in [1.82, 2.24) is 9.55 Å².